The summed E-state index contributed by atoms with van der Waals surface area (Å²) in [7, 11) is -0.194. The Hall–Kier alpha value is -2.86. The van der Waals surface area contributed by atoms with E-state index in [1.165, 1.54) is 0 Å². The van der Waals surface area contributed by atoms with Crippen LogP contribution >= 0.6 is 0 Å². The largest absolute Gasteiger partial charge is 0.425 e. The van der Waals surface area contributed by atoms with Crippen molar-refractivity contribution in [2.24, 2.45) is 0 Å². The molecule has 9 nitrogen and oxygen atoms in total. The SMILES string of the molecule is C=CC1=CO[CH][CH][CH]1.[C-]#[O+].[C-]#[O+].[Mo].c1cnn([B-](n2cccn2)n2cccn2)c1. The van der Waals surface area contributed by atoms with Gasteiger partial charge in [-0.05, 0) is 42.4 Å². The van der Waals surface area contributed by atoms with Gasteiger partial charge >= 0.3 is 22.6 Å². The molecule has 4 heterocycles. The van der Waals surface area contributed by atoms with Gasteiger partial charge in [0, 0.05) is 52.5 Å². The number of hydrogen-bond acceptors (Lipinski definition) is 4. The van der Waals surface area contributed by atoms with Crippen LogP contribution in [0, 0.1) is 32.7 Å². The number of ether oxygens (including phenoxy) is 1. The molecule has 146 valence electrons. The summed E-state index contributed by atoms with van der Waals surface area (Å²) >= 11 is 0. The Morgan fingerprint density at radius 2 is 1.34 bits per heavy atom. The van der Waals surface area contributed by atoms with Crippen LogP contribution < -0.4 is 0 Å². The minimum absolute atomic E-state index is 0. The third-order valence-corrected chi connectivity index (χ3v) is 3.17. The predicted octanol–water partition coefficient (Wildman–Crippen LogP) is 1.79. The maximum Gasteiger partial charge on any atom is 0.260 e. The monoisotopic (exact) mass is 473 g/mol. The van der Waals surface area contributed by atoms with Crippen LogP contribution in [-0.2, 0) is 35.1 Å². The molecule has 0 amide bonds. The van der Waals surface area contributed by atoms with Crippen LogP contribution in [0.3, 0.4) is 0 Å². The molecular weight excluding hydrogens is 455 g/mol. The van der Waals surface area contributed by atoms with Crippen molar-refractivity contribution in [3.05, 3.63) is 113 Å². The Kier molecular flexibility index (Phi) is 14.5. The van der Waals surface area contributed by atoms with Crippen LogP contribution in [0.5, 0.6) is 0 Å². The van der Waals surface area contributed by atoms with E-state index < -0.39 is 0 Å². The topological polar surface area (TPSA) is 102 Å². The summed E-state index contributed by atoms with van der Waals surface area (Å²) in [6.07, 6.45) is 18.0. The zero-order chi connectivity index (χ0) is 20.6. The van der Waals surface area contributed by atoms with Crippen LogP contribution in [0.25, 0.3) is 0 Å². The molecule has 0 fully saturated rings. The van der Waals surface area contributed by atoms with Crippen molar-refractivity contribution in [1.82, 2.24) is 29.1 Å². The molecule has 4 rings (SSSR count). The first-order valence-corrected chi connectivity index (χ1v) is 7.74. The molecule has 0 atom stereocenters. The van der Waals surface area contributed by atoms with Crippen molar-refractivity contribution in [2.45, 2.75) is 0 Å². The fourth-order valence-electron chi connectivity index (χ4n) is 2.08. The summed E-state index contributed by atoms with van der Waals surface area (Å²) in [6.45, 7) is 14.2. The van der Waals surface area contributed by atoms with Gasteiger partial charge in [0.1, 0.15) is 6.61 Å². The molecule has 0 spiro atoms. The third-order valence-electron chi connectivity index (χ3n) is 3.17. The Morgan fingerprint density at radius 1 is 0.897 bits per heavy atom. The van der Waals surface area contributed by atoms with Gasteiger partial charge in [-0.3, -0.25) is 0 Å². The molecule has 1 aliphatic heterocycles. The van der Waals surface area contributed by atoms with Crippen LogP contribution in [-0.4, -0.2) is 36.2 Å². The fraction of sp³-hybridized carbons (Fsp3) is 0. The Labute approximate surface area is 183 Å². The van der Waals surface area contributed by atoms with Gasteiger partial charge in [-0.1, -0.05) is 12.7 Å². The molecule has 0 unspecified atom stereocenters. The van der Waals surface area contributed by atoms with Gasteiger partial charge in [0.2, 0.25) is 0 Å². The van der Waals surface area contributed by atoms with Gasteiger partial charge in [-0.25, -0.2) is 15.3 Å². The summed E-state index contributed by atoms with van der Waals surface area (Å²) in [5, 5.41) is 12.7. The van der Waals surface area contributed by atoms with Crippen molar-refractivity contribution in [2.75, 3.05) is 0 Å². The summed E-state index contributed by atoms with van der Waals surface area (Å²) in [5.74, 6) is 0. The van der Waals surface area contributed by atoms with E-state index in [9.17, 15) is 0 Å². The zero-order valence-corrected chi connectivity index (χ0v) is 17.2. The van der Waals surface area contributed by atoms with E-state index in [4.69, 9.17) is 14.0 Å². The van der Waals surface area contributed by atoms with E-state index in [2.05, 4.69) is 35.2 Å². The normalized spacial score (nSPS) is 11.4. The molecule has 4 radical (unpaired) electrons. The minimum Gasteiger partial charge on any atom is -0.425 e. The molecule has 0 saturated heterocycles. The smallest absolute Gasteiger partial charge is 0.260 e. The second-order valence-electron chi connectivity index (χ2n) is 4.76. The van der Waals surface area contributed by atoms with E-state index in [0.29, 0.717) is 0 Å². The van der Waals surface area contributed by atoms with Gasteiger partial charge in [-0.2, -0.15) is 0 Å². The first-order valence-electron chi connectivity index (χ1n) is 7.74. The third kappa shape index (κ3) is 8.36. The molecule has 0 N–H and O–H groups in total. The second-order valence-corrected chi connectivity index (χ2v) is 4.76. The van der Waals surface area contributed by atoms with E-state index >= 15 is 0 Å². The van der Waals surface area contributed by atoms with Gasteiger partial charge in [0.25, 0.3) is 7.12 Å². The predicted molar refractivity (Wildman–Crippen MR) is 98.8 cm³/mol. The van der Waals surface area contributed by atoms with Crippen molar-refractivity contribution in [3.63, 3.8) is 0 Å². The van der Waals surface area contributed by atoms with Gasteiger partial charge in [0.05, 0.1) is 6.26 Å². The first kappa shape index (κ1) is 26.1. The average molecular weight is 471 g/mol. The van der Waals surface area contributed by atoms with E-state index in [-0.39, 0.29) is 28.2 Å². The van der Waals surface area contributed by atoms with E-state index in [1.54, 1.807) is 51.3 Å². The van der Waals surface area contributed by atoms with Crippen molar-refractivity contribution in [1.29, 1.82) is 0 Å². The van der Waals surface area contributed by atoms with Crippen LogP contribution in [0.2, 0.25) is 0 Å². The van der Waals surface area contributed by atoms with Crippen LogP contribution in [0.4, 0.5) is 0 Å². The number of nitrogens with zero attached hydrogens (tertiary/aromatic N) is 6. The van der Waals surface area contributed by atoms with Crippen LogP contribution in [0.1, 0.15) is 0 Å². The van der Waals surface area contributed by atoms with Crippen molar-refractivity contribution in [3.8, 4) is 0 Å². The minimum atomic E-state index is -0.194. The first-order chi connectivity index (χ1) is 13.9. The summed E-state index contributed by atoms with van der Waals surface area (Å²) < 4.78 is 25.2. The Bertz CT molecular complexity index is 758. The Morgan fingerprint density at radius 3 is 1.59 bits per heavy atom. The molecule has 11 heteroatoms. The molecule has 0 aliphatic carbocycles. The maximum absolute atomic E-state index is 7.50. The molecule has 3 aromatic rings. The molecular formula is C18H16BMoN6O3-. The second kappa shape index (κ2) is 16.1. The van der Waals surface area contributed by atoms with Gasteiger partial charge in [-0.15, -0.1) is 0 Å². The molecule has 29 heavy (non-hydrogen) atoms. The van der Waals surface area contributed by atoms with Crippen molar-refractivity contribution >= 4 is 7.12 Å². The summed E-state index contributed by atoms with van der Waals surface area (Å²) in [4.78, 5) is 0. The zero-order valence-electron chi connectivity index (χ0n) is 15.2. The average Bonchev–Trinajstić information content (AvgIpc) is 3.57. The quantitative estimate of drug-likeness (QED) is 0.329. The van der Waals surface area contributed by atoms with Gasteiger partial charge < -0.3 is 18.5 Å². The van der Waals surface area contributed by atoms with Crippen molar-refractivity contribution < 1.29 is 35.1 Å². The summed E-state index contributed by atoms with van der Waals surface area (Å²) in [6, 6.07) is 5.62. The number of aromatic nitrogens is 6. The molecule has 0 bridgehead atoms. The Balaban J connectivity index is 0.000000515. The molecule has 0 saturated carbocycles. The molecule has 3 aromatic heterocycles. The standard InChI is InChI=1S/C9H9BN6.C7H7O.2CO.Mo/c1-4-11-14(7-1)10(15-8-2-5-12-15)16-9-3-6-13-16;1-2-7-4-3-5-8-6-7;2*1-2;/h1-9H;2-6H,1H2;;;/q-1;;;;. The van der Waals surface area contributed by atoms with Crippen LogP contribution in [0.15, 0.2) is 79.9 Å². The summed E-state index contributed by atoms with van der Waals surface area (Å²) in [5.41, 5.74) is 1.01. The molecule has 1 aliphatic rings. The number of rotatable bonds is 4. The fourth-order valence-corrected chi connectivity index (χ4v) is 2.08. The maximum atomic E-state index is 7.50. The van der Waals surface area contributed by atoms with E-state index in [0.717, 1.165) is 5.57 Å². The number of hydrogen-bond donors (Lipinski definition) is 0. The number of allylic oxidation sites excluding steroid dienone is 2. The van der Waals surface area contributed by atoms with E-state index in [1.807, 2.05) is 49.6 Å². The van der Waals surface area contributed by atoms with Gasteiger partial charge in [0.15, 0.2) is 0 Å². The molecule has 0 aromatic carbocycles.